The number of carbonyl (C=O) groups is 2. The number of hydrogen-bond acceptors (Lipinski definition) is 6. The highest BCUT2D eigenvalue weighted by molar-refractivity contribution is 7.17. The van der Waals surface area contributed by atoms with Crippen LogP contribution in [0.1, 0.15) is 49.0 Å². The van der Waals surface area contributed by atoms with E-state index in [1.807, 2.05) is 31.2 Å². The van der Waals surface area contributed by atoms with Crippen molar-refractivity contribution in [3.63, 3.8) is 0 Å². The number of aromatic nitrogens is 2. The van der Waals surface area contributed by atoms with Gasteiger partial charge in [0.1, 0.15) is 10.8 Å². The van der Waals surface area contributed by atoms with Crippen LogP contribution in [0.2, 0.25) is 0 Å². The molecule has 4 aromatic rings. The number of nitrogens with zero attached hydrogens (tertiary/aromatic N) is 2. The van der Waals surface area contributed by atoms with E-state index >= 15 is 0 Å². The van der Waals surface area contributed by atoms with Crippen molar-refractivity contribution >= 4 is 28.2 Å². The van der Waals surface area contributed by atoms with E-state index in [1.54, 1.807) is 18.4 Å². The van der Waals surface area contributed by atoms with E-state index in [-0.39, 0.29) is 18.1 Å². The SMILES string of the molecule is Cc1cccc(-n2ccc(=O)c(C(=O)Nc3sc4c(c3C(=O)NCc3ccco3)CCC4)n2)c1. The third-order valence-corrected chi connectivity index (χ3v) is 6.88. The van der Waals surface area contributed by atoms with Gasteiger partial charge in [-0.25, -0.2) is 4.68 Å². The molecule has 2 N–H and O–H groups in total. The zero-order valence-electron chi connectivity index (χ0n) is 18.5. The van der Waals surface area contributed by atoms with Gasteiger partial charge in [0.05, 0.1) is 24.1 Å². The number of rotatable bonds is 6. The topological polar surface area (TPSA) is 106 Å². The van der Waals surface area contributed by atoms with Crippen LogP contribution in [-0.4, -0.2) is 21.6 Å². The second-order valence-corrected chi connectivity index (χ2v) is 9.19. The summed E-state index contributed by atoms with van der Waals surface area (Å²) in [5.41, 5.74) is 2.45. The lowest BCUT2D eigenvalue weighted by atomic mass is 10.1. The third kappa shape index (κ3) is 4.29. The van der Waals surface area contributed by atoms with Crippen molar-refractivity contribution in [2.45, 2.75) is 32.7 Å². The summed E-state index contributed by atoms with van der Waals surface area (Å²) in [6, 6.07) is 12.4. The van der Waals surface area contributed by atoms with Crippen molar-refractivity contribution in [3.8, 4) is 5.69 Å². The fourth-order valence-electron chi connectivity index (χ4n) is 4.04. The second kappa shape index (κ2) is 9.11. The zero-order chi connectivity index (χ0) is 23.7. The van der Waals surface area contributed by atoms with Crippen molar-refractivity contribution < 1.29 is 14.0 Å². The molecule has 0 unspecified atom stereocenters. The predicted octanol–water partition coefficient (Wildman–Crippen LogP) is 3.87. The number of amides is 2. The van der Waals surface area contributed by atoms with E-state index in [0.29, 0.717) is 16.3 Å². The standard InChI is InChI=1S/C25H22N4O4S/c1-15-5-2-6-16(13-15)29-11-10-19(30)22(28-29)24(32)27-25-21(18-8-3-9-20(18)34-25)23(31)26-14-17-7-4-12-33-17/h2,4-7,10-13H,3,8-9,14H2,1H3,(H,26,31)(H,27,32). The van der Waals surface area contributed by atoms with Crippen LogP contribution < -0.4 is 16.1 Å². The van der Waals surface area contributed by atoms with Crippen LogP contribution >= 0.6 is 11.3 Å². The molecule has 5 rings (SSSR count). The van der Waals surface area contributed by atoms with Crippen molar-refractivity contribution in [2.24, 2.45) is 0 Å². The molecule has 34 heavy (non-hydrogen) atoms. The smallest absolute Gasteiger partial charge is 0.280 e. The van der Waals surface area contributed by atoms with Gasteiger partial charge >= 0.3 is 0 Å². The van der Waals surface area contributed by atoms with E-state index in [9.17, 15) is 14.4 Å². The fourth-order valence-corrected chi connectivity index (χ4v) is 5.32. The summed E-state index contributed by atoms with van der Waals surface area (Å²) >= 11 is 1.38. The minimum atomic E-state index is -0.646. The molecule has 3 heterocycles. The largest absolute Gasteiger partial charge is 0.467 e. The molecule has 2 amide bonds. The zero-order valence-corrected chi connectivity index (χ0v) is 19.3. The molecule has 0 bridgehead atoms. The first-order chi connectivity index (χ1) is 16.5. The van der Waals surface area contributed by atoms with E-state index < -0.39 is 11.3 Å². The van der Waals surface area contributed by atoms with Gasteiger partial charge in [0.15, 0.2) is 5.69 Å². The van der Waals surface area contributed by atoms with Crippen LogP contribution in [0.4, 0.5) is 5.00 Å². The highest BCUT2D eigenvalue weighted by Crippen LogP contribution is 2.39. The number of fused-ring (bicyclic) bond motifs is 1. The van der Waals surface area contributed by atoms with Crippen LogP contribution in [0.25, 0.3) is 5.69 Å². The Labute approximate surface area is 199 Å². The van der Waals surface area contributed by atoms with Gasteiger partial charge in [0, 0.05) is 17.1 Å². The van der Waals surface area contributed by atoms with Crippen LogP contribution in [0.3, 0.4) is 0 Å². The summed E-state index contributed by atoms with van der Waals surface area (Å²) in [5, 5.41) is 10.3. The summed E-state index contributed by atoms with van der Waals surface area (Å²) < 4.78 is 6.78. The Kier molecular flexibility index (Phi) is 5.85. The monoisotopic (exact) mass is 474 g/mol. The molecule has 3 aromatic heterocycles. The van der Waals surface area contributed by atoms with Crippen LogP contribution in [0.15, 0.2) is 64.1 Å². The maximum Gasteiger partial charge on any atom is 0.280 e. The molecule has 0 saturated heterocycles. The number of aryl methyl sites for hydroxylation is 2. The third-order valence-electron chi connectivity index (χ3n) is 5.67. The summed E-state index contributed by atoms with van der Waals surface area (Å²) in [5.74, 6) is -0.299. The summed E-state index contributed by atoms with van der Waals surface area (Å²) in [7, 11) is 0. The molecular formula is C25H22N4O4S. The quantitative estimate of drug-likeness (QED) is 0.441. The number of nitrogens with one attached hydrogen (secondary N) is 2. The molecule has 0 atom stereocenters. The average Bonchev–Trinajstić information content (AvgIpc) is 3.56. The summed E-state index contributed by atoms with van der Waals surface area (Å²) in [6.07, 6.45) is 5.68. The molecule has 8 nitrogen and oxygen atoms in total. The van der Waals surface area contributed by atoms with Gasteiger partial charge in [0.25, 0.3) is 11.8 Å². The molecule has 9 heteroatoms. The van der Waals surface area contributed by atoms with Gasteiger partial charge < -0.3 is 15.1 Å². The lowest BCUT2D eigenvalue weighted by Gasteiger charge is -2.10. The molecule has 1 aromatic carbocycles. The van der Waals surface area contributed by atoms with Gasteiger partial charge in [-0.15, -0.1) is 11.3 Å². The molecule has 1 aliphatic rings. The van der Waals surface area contributed by atoms with E-state index in [4.69, 9.17) is 4.42 Å². The predicted molar refractivity (Wildman–Crippen MR) is 129 cm³/mol. The van der Waals surface area contributed by atoms with Gasteiger partial charge in [-0.2, -0.15) is 5.10 Å². The molecule has 0 fully saturated rings. The van der Waals surface area contributed by atoms with Crippen LogP contribution in [-0.2, 0) is 19.4 Å². The highest BCUT2D eigenvalue weighted by Gasteiger charge is 2.28. The Morgan fingerprint density at radius 2 is 2.03 bits per heavy atom. The first-order valence-electron chi connectivity index (χ1n) is 10.9. The molecule has 0 aliphatic heterocycles. The number of furan rings is 1. The number of carbonyl (C=O) groups excluding carboxylic acids is 2. The van der Waals surface area contributed by atoms with Gasteiger partial charge in [0.2, 0.25) is 5.43 Å². The molecular weight excluding hydrogens is 452 g/mol. The average molecular weight is 475 g/mol. The van der Waals surface area contributed by atoms with Crippen LogP contribution in [0, 0.1) is 6.92 Å². The minimum Gasteiger partial charge on any atom is -0.467 e. The Balaban J connectivity index is 1.42. The van der Waals surface area contributed by atoms with E-state index in [1.165, 1.54) is 28.3 Å². The Bertz CT molecular complexity index is 1440. The van der Waals surface area contributed by atoms with Crippen molar-refractivity contribution in [3.05, 3.63) is 98.2 Å². The summed E-state index contributed by atoms with van der Waals surface area (Å²) in [4.78, 5) is 39.7. The second-order valence-electron chi connectivity index (χ2n) is 8.09. The molecule has 0 spiro atoms. The lowest BCUT2D eigenvalue weighted by molar-refractivity contribution is 0.0948. The van der Waals surface area contributed by atoms with Gasteiger partial charge in [-0.1, -0.05) is 12.1 Å². The van der Waals surface area contributed by atoms with E-state index in [2.05, 4.69) is 15.7 Å². The number of thiophene rings is 1. The normalized spacial score (nSPS) is 12.4. The Hall–Kier alpha value is -3.98. The van der Waals surface area contributed by atoms with Crippen molar-refractivity contribution in [1.29, 1.82) is 0 Å². The lowest BCUT2D eigenvalue weighted by Crippen LogP contribution is -2.27. The number of hydrogen-bond donors (Lipinski definition) is 2. The van der Waals surface area contributed by atoms with E-state index in [0.717, 1.165) is 41.0 Å². The molecule has 172 valence electrons. The number of anilines is 1. The minimum absolute atomic E-state index is 0.237. The maximum absolute atomic E-state index is 13.1. The molecule has 0 saturated carbocycles. The summed E-state index contributed by atoms with van der Waals surface area (Å²) in [6.45, 7) is 2.19. The van der Waals surface area contributed by atoms with Crippen molar-refractivity contribution in [1.82, 2.24) is 15.1 Å². The molecule has 1 aliphatic carbocycles. The highest BCUT2D eigenvalue weighted by atomic mass is 32.1. The molecule has 0 radical (unpaired) electrons. The van der Waals surface area contributed by atoms with Crippen LogP contribution in [0.5, 0.6) is 0 Å². The van der Waals surface area contributed by atoms with Gasteiger partial charge in [-0.3, -0.25) is 14.4 Å². The fraction of sp³-hybridized carbons (Fsp3) is 0.200. The Morgan fingerprint density at radius 3 is 2.82 bits per heavy atom. The first-order valence-corrected chi connectivity index (χ1v) is 11.7. The van der Waals surface area contributed by atoms with Gasteiger partial charge in [-0.05, 0) is 61.6 Å². The Morgan fingerprint density at radius 1 is 1.15 bits per heavy atom. The maximum atomic E-state index is 13.1. The van der Waals surface area contributed by atoms with Crippen molar-refractivity contribution in [2.75, 3.05) is 5.32 Å². The number of benzene rings is 1. The first kappa shape index (κ1) is 21.8.